The Morgan fingerprint density at radius 2 is 2.17 bits per heavy atom. The highest BCUT2D eigenvalue weighted by Gasteiger charge is 2.15. The molecule has 0 radical (unpaired) electrons. The number of carbonyl (C=O) groups excluding carboxylic acids is 1. The van der Waals surface area contributed by atoms with E-state index in [9.17, 15) is 4.79 Å². The Hall–Kier alpha value is -0.920. The second kappa shape index (κ2) is 3.21. The van der Waals surface area contributed by atoms with Gasteiger partial charge in [0.25, 0.3) is 0 Å². The molecule has 1 aliphatic heterocycles. The van der Waals surface area contributed by atoms with Crippen LogP contribution in [-0.4, -0.2) is 5.97 Å². The molecule has 0 fully saturated rings. The van der Waals surface area contributed by atoms with Gasteiger partial charge in [-0.15, -0.1) is 0 Å². The lowest BCUT2D eigenvalue weighted by atomic mass is 10.1. The number of hydrogen-bond acceptors (Lipinski definition) is 3. The highest BCUT2D eigenvalue weighted by molar-refractivity contribution is 7.27. The summed E-state index contributed by atoms with van der Waals surface area (Å²) in [5.41, 5.74) is 1.51. The highest BCUT2D eigenvalue weighted by Crippen LogP contribution is 2.25. The molecule has 0 saturated carbocycles. The molecule has 0 aromatic heterocycles. The van der Waals surface area contributed by atoms with Crippen LogP contribution in [0.3, 0.4) is 0 Å². The summed E-state index contributed by atoms with van der Waals surface area (Å²) in [5.74, 6) is -0.290. The summed E-state index contributed by atoms with van der Waals surface area (Å²) in [7, 11) is -0.178. The fourth-order valence-corrected chi connectivity index (χ4v) is 1.53. The van der Waals surface area contributed by atoms with E-state index in [2.05, 4.69) is 0 Å². The van der Waals surface area contributed by atoms with Crippen molar-refractivity contribution in [2.24, 2.45) is 0 Å². The molecule has 0 spiro atoms. The topological polar surface area (TPSA) is 35.5 Å². The molecule has 1 aromatic carbocycles. The summed E-state index contributed by atoms with van der Waals surface area (Å²) in [6, 6.07) is 7.31. The molecule has 62 valence electrons. The number of benzene rings is 1. The van der Waals surface area contributed by atoms with Crippen LogP contribution in [-0.2, 0) is 15.7 Å². The standard InChI is InChI=1S/C8H7O3P/c9-8-7-4-2-1-3-6(7)5-10-12-11-8/h1-4,12H,5H2. The lowest BCUT2D eigenvalue weighted by molar-refractivity contribution is 0.0748. The molecule has 2 rings (SSSR count). The normalized spacial score (nSPS) is 18.2. The van der Waals surface area contributed by atoms with Gasteiger partial charge in [0.15, 0.2) is 0 Å². The van der Waals surface area contributed by atoms with Crippen molar-refractivity contribution in [3.05, 3.63) is 35.4 Å². The Kier molecular flexibility index (Phi) is 2.07. The van der Waals surface area contributed by atoms with E-state index in [-0.39, 0.29) is 15.0 Å². The molecule has 0 aliphatic carbocycles. The van der Waals surface area contributed by atoms with Crippen LogP contribution < -0.4 is 0 Å². The smallest absolute Gasteiger partial charge is 0.342 e. The van der Waals surface area contributed by atoms with E-state index in [0.29, 0.717) is 12.2 Å². The first-order chi connectivity index (χ1) is 5.88. The molecule has 1 aromatic rings. The molecule has 0 saturated heterocycles. The fourth-order valence-electron chi connectivity index (χ4n) is 1.07. The van der Waals surface area contributed by atoms with Crippen molar-refractivity contribution in [1.82, 2.24) is 0 Å². The van der Waals surface area contributed by atoms with Gasteiger partial charge in [0.05, 0.1) is 12.2 Å². The lowest BCUT2D eigenvalue weighted by Gasteiger charge is -1.99. The molecule has 12 heavy (non-hydrogen) atoms. The lowest BCUT2D eigenvalue weighted by Crippen LogP contribution is -2.00. The first-order valence-electron chi connectivity index (χ1n) is 3.54. The zero-order chi connectivity index (χ0) is 8.39. The van der Waals surface area contributed by atoms with Crippen LogP contribution in [0.2, 0.25) is 0 Å². The Morgan fingerprint density at radius 3 is 3.08 bits per heavy atom. The van der Waals surface area contributed by atoms with Crippen molar-refractivity contribution in [3.63, 3.8) is 0 Å². The second-order valence-electron chi connectivity index (χ2n) is 2.42. The van der Waals surface area contributed by atoms with Crippen LogP contribution in [0.25, 0.3) is 0 Å². The van der Waals surface area contributed by atoms with Crippen molar-refractivity contribution in [2.45, 2.75) is 6.61 Å². The van der Waals surface area contributed by atoms with Crippen molar-refractivity contribution in [1.29, 1.82) is 0 Å². The Balaban J connectivity index is 2.46. The van der Waals surface area contributed by atoms with E-state index in [1.54, 1.807) is 6.07 Å². The number of carbonyl (C=O) groups is 1. The maximum absolute atomic E-state index is 11.2. The number of hydrogen-bond donors (Lipinski definition) is 0. The predicted molar refractivity (Wildman–Crippen MR) is 45.0 cm³/mol. The van der Waals surface area contributed by atoms with Crippen molar-refractivity contribution < 1.29 is 13.8 Å². The predicted octanol–water partition coefficient (Wildman–Crippen LogP) is 1.88. The third-order valence-electron chi connectivity index (χ3n) is 1.66. The second-order valence-corrected chi connectivity index (χ2v) is 3.08. The highest BCUT2D eigenvalue weighted by atomic mass is 31.1. The molecular weight excluding hydrogens is 175 g/mol. The van der Waals surface area contributed by atoms with Crippen LogP contribution in [0, 0.1) is 0 Å². The number of rotatable bonds is 0. The molecule has 1 unspecified atom stereocenters. The van der Waals surface area contributed by atoms with Gasteiger partial charge >= 0.3 is 5.97 Å². The zero-order valence-electron chi connectivity index (χ0n) is 6.24. The minimum Gasteiger partial charge on any atom is -0.416 e. The van der Waals surface area contributed by atoms with Crippen molar-refractivity contribution >= 4 is 15.0 Å². The van der Waals surface area contributed by atoms with E-state index in [1.807, 2.05) is 18.2 Å². The van der Waals surface area contributed by atoms with Crippen LogP contribution in [0.4, 0.5) is 0 Å². The third-order valence-corrected chi connectivity index (χ3v) is 2.19. The van der Waals surface area contributed by atoms with Crippen molar-refractivity contribution in [3.8, 4) is 0 Å². The average molecular weight is 182 g/mol. The van der Waals surface area contributed by atoms with Gasteiger partial charge < -0.3 is 9.05 Å². The van der Waals surface area contributed by atoms with Gasteiger partial charge in [-0.1, -0.05) is 18.2 Å². The quantitative estimate of drug-likeness (QED) is 0.574. The first-order valence-corrected chi connectivity index (χ1v) is 4.35. The maximum atomic E-state index is 11.2. The summed E-state index contributed by atoms with van der Waals surface area (Å²) < 4.78 is 9.87. The minimum absolute atomic E-state index is 0.178. The summed E-state index contributed by atoms with van der Waals surface area (Å²) in [5, 5.41) is 0. The average Bonchev–Trinajstić information content (AvgIpc) is 2.29. The van der Waals surface area contributed by atoms with Gasteiger partial charge in [0, 0.05) is 0 Å². The van der Waals surface area contributed by atoms with Gasteiger partial charge in [0.1, 0.15) is 0 Å². The zero-order valence-corrected chi connectivity index (χ0v) is 7.24. The summed E-state index contributed by atoms with van der Waals surface area (Å²) in [6.45, 7) is 0.459. The van der Waals surface area contributed by atoms with Gasteiger partial charge in [-0.2, -0.15) is 0 Å². The third kappa shape index (κ3) is 1.33. The Labute approximate surface area is 71.6 Å². The van der Waals surface area contributed by atoms with Gasteiger partial charge in [0.2, 0.25) is 9.03 Å². The molecular formula is C8H7O3P. The van der Waals surface area contributed by atoms with E-state index in [0.717, 1.165) is 5.56 Å². The van der Waals surface area contributed by atoms with Crippen LogP contribution in [0.15, 0.2) is 24.3 Å². The van der Waals surface area contributed by atoms with E-state index < -0.39 is 0 Å². The van der Waals surface area contributed by atoms with Crippen LogP contribution >= 0.6 is 9.03 Å². The van der Waals surface area contributed by atoms with E-state index in [1.165, 1.54) is 0 Å². The van der Waals surface area contributed by atoms with Crippen LogP contribution in [0.1, 0.15) is 15.9 Å². The molecule has 1 aliphatic rings. The molecule has 4 heteroatoms. The maximum Gasteiger partial charge on any atom is 0.342 e. The van der Waals surface area contributed by atoms with E-state index >= 15 is 0 Å². The molecule has 1 atom stereocenters. The largest absolute Gasteiger partial charge is 0.416 e. The summed E-state index contributed by atoms with van der Waals surface area (Å²) in [6.07, 6.45) is 0. The number of fused-ring (bicyclic) bond motifs is 1. The molecule has 0 bridgehead atoms. The van der Waals surface area contributed by atoms with Gasteiger partial charge in [-0.3, -0.25) is 0 Å². The molecule has 1 heterocycles. The molecule has 0 N–H and O–H groups in total. The Bertz CT molecular complexity index is 311. The Morgan fingerprint density at radius 1 is 1.33 bits per heavy atom. The summed E-state index contributed by atoms with van der Waals surface area (Å²) in [4.78, 5) is 11.2. The monoisotopic (exact) mass is 182 g/mol. The van der Waals surface area contributed by atoms with Crippen LogP contribution in [0.5, 0.6) is 0 Å². The van der Waals surface area contributed by atoms with Gasteiger partial charge in [-0.25, -0.2) is 4.79 Å². The SMILES string of the molecule is O=C1OPOCc2ccccc21. The molecule has 0 amide bonds. The first kappa shape index (κ1) is 7.71. The van der Waals surface area contributed by atoms with Crippen molar-refractivity contribution in [2.75, 3.05) is 0 Å². The van der Waals surface area contributed by atoms with Gasteiger partial charge in [-0.05, 0) is 11.6 Å². The summed E-state index contributed by atoms with van der Waals surface area (Å²) >= 11 is 0. The molecule has 3 nitrogen and oxygen atoms in total. The fraction of sp³-hybridized carbons (Fsp3) is 0.125. The van der Waals surface area contributed by atoms with E-state index in [4.69, 9.17) is 9.05 Å². The minimum atomic E-state index is -0.290.